The maximum absolute atomic E-state index is 12.4. The van der Waals surface area contributed by atoms with E-state index in [1.54, 1.807) is 17.4 Å². The van der Waals surface area contributed by atoms with Crippen LogP contribution in [-0.4, -0.2) is 26.9 Å². The van der Waals surface area contributed by atoms with E-state index in [0.717, 1.165) is 17.7 Å². The number of hydrogen-bond acceptors (Lipinski definition) is 3. The van der Waals surface area contributed by atoms with Crippen molar-refractivity contribution in [2.24, 2.45) is 0 Å². The van der Waals surface area contributed by atoms with Gasteiger partial charge in [-0.2, -0.15) is 0 Å². The van der Waals surface area contributed by atoms with Crippen LogP contribution in [0.2, 0.25) is 0 Å². The standard InChI is InChI=1S/C17H24N4O2/c1-4-16(15-10-18-12-19-15)23-20-17(22)21(13(2)3)11-14-8-6-5-7-9-14/h5-10,12-13,16H,4,11H2,1-3H3,(H,18,19)(H,20,22). The van der Waals surface area contributed by atoms with Crippen molar-refractivity contribution in [1.82, 2.24) is 20.3 Å². The van der Waals surface area contributed by atoms with Crippen LogP contribution in [0.15, 0.2) is 42.9 Å². The third-order valence-corrected chi connectivity index (χ3v) is 3.61. The minimum absolute atomic E-state index is 0.0611. The second-order valence-electron chi connectivity index (χ2n) is 5.64. The van der Waals surface area contributed by atoms with Gasteiger partial charge in [0.05, 0.1) is 18.2 Å². The summed E-state index contributed by atoms with van der Waals surface area (Å²) in [5, 5.41) is 0. The molecule has 6 nitrogen and oxygen atoms in total. The lowest BCUT2D eigenvalue weighted by atomic mass is 10.2. The Morgan fingerprint density at radius 1 is 1.35 bits per heavy atom. The second kappa shape index (κ2) is 8.33. The number of nitrogens with zero attached hydrogens (tertiary/aromatic N) is 2. The van der Waals surface area contributed by atoms with Crippen LogP contribution in [0.1, 0.15) is 44.6 Å². The Hall–Kier alpha value is -2.34. The van der Waals surface area contributed by atoms with Gasteiger partial charge in [0.15, 0.2) is 0 Å². The molecule has 23 heavy (non-hydrogen) atoms. The molecule has 1 unspecified atom stereocenters. The van der Waals surface area contributed by atoms with E-state index in [0.29, 0.717) is 6.54 Å². The molecular weight excluding hydrogens is 292 g/mol. The van der Waals surface area contributed by atoms with Crippen molar-refractivity contribution in [2.75, 3.05) is 0 Å². The zero-order valence-corrected chi connectivity index (χ0v) is 13.8. The number of aromatic nitrogens is 2. The van der Waals surface area contributed by atoms with Gasteiger partial charge in [-0.25, -0.2) is 15.3 Å². The fraction of sp³-hybridized carbons (Fsp3) is 0.412. The molecule has 2 N–H and O–H groups in total. The summed E-state index contributed by atoms with van der Waals surface area (Å²) >= 11 is 0. The monoisotopic (exact) mass is 316 g/mol. The summed E-state index contributed by atoms with van der Waals surface area (Å²) in [7, 11) is 0. The molecule has 0 saturated heterocycles. The van der Waals surface area contributed by atoms with Crippen LogP contribution in [0.5, 0.6) is 0 Å². The number of hydroxylamine groups is 1. The van der Waals surface area contributed by atoms with Crippen LogP contribution in [0, 0.1) is 0 Å². The molecule has 124 valence electrons. The highest BCUT2D eigenvalue weighted by molar-refractivity contribution is 5.73. The van der Waals surface area contributed by atoms with Crippen LogP contribution in [0.25, 0.3) is 0 Å². The number of amides is 2. The number of hydrogen-bond donors (Lipinski definition) is 2. The average molecular weight is 316 g/mol. The summed E-state index contributed by atoms with van der Waals surface area (Å²) in [4.78, 5) is 26.7. The SMILES string of the molecule is CCC(ONC(=O)N(Cc1ccccc1)C(C)C)c1cnc[nH]1. The van der Waals surface area contributed by atoms with Gasteiger partial charge in [0.1, 0.15) is 6.10 Å². The van der Waals surface area contributed by atoms with Gasteiger partial charge in [-0.15, -0.1) is 0 Å². The number of urea groups is 1. The average Bonchev–Trinajstić information content (AvgIpc) is 3.08. The Balaban J connectivity index is 1.95. The molecule has 0 bridgehead atoms. The number of carbonyl (C=O) groups is 1. The lowest BCUT2D eigenvalue weighted by Crippen LogP contribution is -2.43. The first-order valence-corrected chi connectivity index (χ1v) is 7.86. The van der Waals surface area contributed by atoms with Crippen molar-refractivity contribution in [3.05, 3.63) is 54.1 Å². The maximum atomic E-state index is 12.4. The van der Waals surface area contributed by atoms with E-state index in [1.807, 2.05) is 51.1 Å². The number of aromatic amines is 1. The lowest BCUT2D eigenvalue weighted by molar-refractivity contribution is -0.0196. The molecule has 0 aliphatic heterocycles. The number of imidazole rings is 1. The van der Waals surface area contributed by atoms with Crippen molar-refractivity contribution >= 4 is 6.03 Å². The second-order valence-corrected chi connectivity index (χ2v) is 5.64. The topological polar surface area (TPSA) is 70.2 Å². The Kier molecular flexibility index (Phi) is 6.17. The largest absolute Gasteiger partial charge is 0.346 e. The minimum atomic E-state index is -0.248. The molecule has 2 amide bonds. The van der Waals surface area contributed by atoms with E-state index < -0.39 is 0 Å². The maximum Gasteiger partial charge on any atom is 0.341 e. The third kappa shape index (κ3) is 4.82. The molecule has 0 radical (unpaired) electrons. The summed E-state index contributed by atoms with van der Waals surface area (Å²) in [6.45, 7) is 6.49. The van der Waals surface area contributed by atoms with Crippen molar-refractivity contribution < 1.29 is 9.63 Å². The number of H-pyrrole nitrogens is 1. The zero-order valence-electron chi connectivity index (χ0n) is 13.8. The summed E-state index contributed by atoms with van der Waals surface area (Å²) in [6.07, 6.45) is 3.78. The van der Waals surface area contributed by atoms with Crippen LogP contribution < -0.4 is 5.48 Å². The molecule has 0 spiro atoms. The predicted octanol–water partition coefficient (Wildman–Crippen LogP) is 3.41. The molecule has 1 aromatic heterocycles. The van der Waals surface area contributed by atoms with E-state index >= 15 is 0 Å². The third-order valence-electron chi connectivity index (χ3n) is 3.61. The molecule has 1 heterocycles. The predicted molar refractivity (Wildman–Crippen MR) is 88.4 cm³/mol. The molecule has 0 aliphatic rings. The first kappa shape index (κ1) is 17.0. The van der Waals surface area contributed by atoms with E-state index in [-0.39, 0.29) is 18.2 Å². The van der Waals surface area contributed by atoms with Crippen molar-refractivity contribution in [2.45, 2.75) is 45.9 Å². The summed E-state index contributed by atoms with van der Waals surface area (Å²) in [5.41, 5.74) is 4.48. The molecule has 0 fully saturated rings. The molecule has 2 rings (SSSR count). The van der Waals surface area contributed by atoms with E-state index in [4.69, 9.17) is 4.84 Å². The molecule has 2 aromatic rings. The fourth-order valence-corrected chi connectivity index (χ4v) is 2.26. The first-order valence-electron chi connectivity index (χ1n) is 7.86. The van der Waals surface area contributed by atoms with E-state index in [1.165, 1.54) is 0 Å². The smallest absolute Gasteiger partial charge is 0.341 e. The quantitative estimate of drug-likeness (QED) is 0.769. The molecule has 0 aliphatic carbocycles. The highest BCUT2D eigenvalue weighted by Crippen LogP contribution is 2.17. The van der Waals surface area contributed by atoms with Crippen LogP contribution in [0.3, 0.4) is 0 Å². The molecule has 1 aromatic carbocycles. The van der Waals surface area contributed by atoms with Crippen molar-refractivity contribution in [1.29, 1.82) is 0 Å². The van der Waals surface area contributed by atoms with Gasteiger partial charge in [-0.1, -0.05) is 37.3 Å². The Bertz CT molecular complexity index is 584. The first-order chi connectivity index (χ1) is 11.1. The molecule has 1 atom stereocenters. The van der Waals surface area contributed by atoms with Gasteiger partial charge in [-0.05, 0) is 25.8 Å². The Morgan fingerprint density at radius 2 is 2.09 bits per heavy atom. The van der Waals surface area contributed by atoms with Crippen molar-refractivity contribution in [3.63, 3.8) is 0 Å². The van der Waals surface area contributed by atoms with Gasteiger partial charge < -0.3 is 9.88 Å². The van der Waals surface area contributed by atoms with Crippen LogP contribution in [-0.2, 0) is 11.4 Å². The van der Waals surface area contributed by atoms with Gasteiger partial charge in [0, 0.05) is 12.6 Å². The number of nitrogens with one attached hydrogen (secondary N) is 2. The number of rotatable bonds is 7. The van der Waals surface area contributed by atoms with Gasteiger partial charge in [-0.3, -0.25) is 4.84 Å². The van der Waals surface area contributed by atoms with Crippen LogP contribution in [0.4, 0.5) is 4.79 Å². The van der Waals surface area contributed by atoms with Crippen molar-refractivity contribution in [3.8, 4) is 0 Å². The molecular formula is C17H24N4O2. The van der Waals surface area contributed by atoms with E-state index in [2.05, 4.69) is 15.4 Å². The van der Waals surface area contributed by atoms with Gasteiger partial charge >= 0.3 is 6.03 Å². The molecule has 6 heteroatoms. The highest BCUT2D eigenvalue weighted by Gasteiger charge is 2.20. The summed E-state index contributed by atoms with van der Waals surface area (Å²) in [5.74, 6) is 0. The fourth-order valence-electron chi connectivity index (χ4n) is 2.26. The zero-order chi connectivity index (χ0) is 16.7. The lowest BCUT2D eigenvalue weighted by Gasteiger charge is -2.27. The Morgan fingerprint density at radius 3 is 2.65 bits per heavy atom. The normalized spacial score (nSPS) is 12.2. The Labute approximate surface area is 136 Å². The highest BCUT2D eigenvalue weighted by atomic mass is 16.7. The summed E-state index contributed by atoms with van der Waals surface area (Å²) < 4.78 is 0. The van der Waals surface area contributed by atoms with Crippen LogP contribution >= 0.6 is 0 Å². The van der Waals surface area contributed by atoms with Gasteiger partial charge in [0.2, 0.25) is 0 Å². The number of benzene rings is 1. The number of carbonyl (C=O) groups excluding carboxylic acids is 1. The van der Waals surface area contributed by atoms with Gasteiger partial charge in [0.25, 0.3) is 0 Å². The minimum Gasteiger partial charge on any atom is -0.346 e. The molecule has 0 saturated carbocycles. The summed E-state index contributed by atoms with van der Waals surface area (Å²) in [6, 6.07) is 9.71. The van der Waals surface area contributed by atoms with E-state index in [9.17, 15) is 4.79 Å².